The number of piperidine rings is 1. The number of hydrogen-bond acceptors (Lipinski definition) is 5. The highest BCUT2D eigenvalue weighted by Gasteiger charge is 2.34. The Kier molecular flexibility index (Phi) is 4.29. The molecule has 0 spiro atoms. The molecule has 1 saturated heterocycles. The lowest BCUT2D eigenvalue weighted by atomic mass is 9.92. The molecule has 1 aliphatic rings. The first-order chi connectivity index (χ1) is 11.1. The van der Waals surface area contributed by atoms with Gasteiger partial charge < -0.3 is 15.3 Å². The van der Waals surface area contributed by atoms with E-state index in [0.717, 1.165) is 18.8 Å². The monoisotopic (exact) mass is 315 g/mol. The smallest absolute Gasteiger partial charge is 0.271 e. The maximum Gasteiger partial charge on any atom is 0.271 e. The highest BCUT2D eigenvalue weighted by molar-refractivity contribution is 5.92. The van der Waals surface area contributed by atoms with Crippen molar-refractivity contribution in [2.45, 2.75) is 18.4 Å². The van der Waals surface area contributed by atoms with Gasteiger partial charge in [-0.05, 0) is 31.0 Å². The molecule has 7 nitrogen and oxygen atoms in total. The molecule has 2 aromatic rings. The molecule has 1 amide bonds. The molecular weight excluding hydrogens is 294 g/mol. The Labute approximate surface area is 134 Å². The fourth-order valence-corrected chi connectivity index (χ4v) is 2.86. The van der Waals surface area contributed by atoms with E-state index in [1.165, 1.54) is 0 Å². The maximum absolute atomic E-state index is 12.1. The summed E-state index contributed by atoms with van der Waals surface area (Å²) < 4.78 is 1.58. The van der Waals surface area contributed by atoms with Gasteiger partial charge in [-0.15, -0.1) is 0 Å². The molecule has 7 heteroatoms. The number of carbonyl (C=O) groups excluding carboxylic acids is 1. The van der Waals surface area contributed by atoms with Gasteiger partial charge in [-0.1, -0.05) is 6.07 Å². The predicted molar refractivity (Wildman–Crippen MR) is 86.2 cm³/mol. The summed E-state index contributed by atoms with van der Waals surface area (Å²) >= 11 is 0. The average Bonchev–Trinajstić information content (AvgIpc) is 3.00. The first kappa shape index (κ1) is 15.5. The Hall–Kier alpha value is -2.41. The number of nitrogens with zero attached hydrogens (tertiary/aromatic N) is 4. The van der Waals surface area contributed by atoms with Crippen LogP contribution in [0.2, 0.25) is 0 Å². The third kappa shape index (κ3) is 3.68. The van der Waals surface area contributed by atoms with Crippen molar-refractivity contribution >= 4 is 11.7 Å². The summed E-state index contributed by atoms with van der Waals surface area (Å²) in [6.07, 6.45) is 4.96. The summed E-state index contributed by atoms with van der Waals surface area (Å²) in [4.78, 5) is 18.5. The van der Waals surface area contributed by atoms with E-state index in [1.807, 2.05) is 18.2 Å². The molecule has 0 aromatic carbocycles. The molecule has 2 N–H and O–H groups in total. The number of pyridine rings is 1. The van der Waals surface area contributed by atoms with Crippen molar-refractivity contribution in [3.8, 4) is 0 Å². The van der Waals surface area contributed by atoms with Crippen LogP contribution in [0.5, 0.6) is 0 Å². The fourth-order valence-electron chi connectivity index (χ4n) is 2.86. The summed E-state index contributed by atoms with van der Waals surface area (Å²) in [7, 11) is 1.76. The molecule has 0 radical (unpaired) electrons. The van der Waals surface area contributed by atoms with Crippen molar-refractivity contribution in [2.75, 3.05) is 24.5 Å². The van der Waals surface area contributed by atoms with Crippen LogP contribution >= 0.6 is 0 Å². The van der Waals surface area contributed by atoms with Crippen LogP contribution in [0.25, 0.3) is 0 Å². The largest absolute Gasteiger partial charge is 0.386 e. The van der Waals surface area contributed by atoms with Gasteiger partial charge in [-0.25, -0.2) is 4.98 Å². The van der Waals surface area contributed by atoms with Crippen molar-refractivity contribution < 1.29 is 9.90 Å². The van der Waals surface area contributed by atoms with Crippen molar-refractivity contribution in [3.63, 3.8) is 0 Å². The molecule has 0 saturated carbocycles. The molecule has 23 heavy (non-hydrogen) atoms. The molecule has 3 heterocycles. The lowest BCUT2D eigenvalue weighted by molar-refractivity contribution is 0.0253. The summed E-state index contributed by atoms with van der Waals surface area (Å²) in [5.41, 5.74) is -0.603. The summed E-state index contributed by atoms with van der Waals surface area (Å²) in [5.74, 6) is 0.579. The third-order valence-corrected chi connectivity index (χ3v) is 4.05. The van der Waals surface area contributed by atoms with Crippen LogP contribution in [-0.4, -0.2) is 51.0 Å². The number of aliphatic hydroxyl groups is 1. The number of rotatable bonds is 4. The zero-order valence-corrected chi connectivity index (χ0v) is 13.1. The predicted octanol–water partition coefficient (Wildman–Crippen LogP) is 0.576. The van der Waals surface area contributed by atoms with Crippen LogP contribution in [0.15, 0.2) is 36.7 Å². The minimum absolute atomic E-state index is 0.200. The zero-order chi connectivity index (χ0) is 16.3. The number of aryl methyl sites for hydroxylation is 1. The van der Waals surface area contributed by atoms with Crippen LogP contribution in [-0.2, 0) is 7.05 Å². The molecule has 0 bridgehead atoms. The molecular formula is C16H21N5O2. The Morgan fingerprint density at radius 3 is 3.00 bits per heavy atom. The molecule has 122 valence electrons. The van der Waals surface area contributed by atoms with Gasteiger partial charge in [0.05, 0.1) is 5.60 Å². The third-order valence-electron chi connectivity index (χ3n) is 4.05. The molecule has 1 fully saturated rings. The van der Waals surface area contributed by atoms with Gasteiger partial charge in [0.15, 0.2) is 0 Å². The average molecular weight is 315 g/mol. The molecule has 3 rings (SSSR count). The Bertz CT molecular complexity index is 672. The van der Waals surface area contributed by atoms with Crippen molar-refractivity contribution in [1.82, 2.24) is 20.1 Å². The molecule has 2 aromatic heterocycles. The number of β-amino-alcohol motifs (C(OH)–C–C–N with tert-alkyl or cyclic N) is 1. The minimum Gasteiger partial charge on any atom is -0.386 e. The fraction of sp³-hybridized carbons (Fsp3) is 0.438. The van der Waals surface area contributed by atoms with E-state index >= 15 is 0 Å². The quantitative estimate of drug-likeness (QED) is 0.862. The van der Waals surface area contributed by atoms with Crippen molar-refractivity contribution in [1.29, 1.82) is 0 Å². The molecule has 1 atom stereocenters. The normalized spacial score (nSPS) is 21.2. The van der Waals surface area contributed by atoms with E-state index in [1.54, 1.807) is 30.2 Å². The SMILES string of the molecule is Cn1ccc(C(=O)NC[C@@]2(O)CCCN(c3ccccn3)C2)n1. The van der Waals surface area contributed by atoms with Gasteiger partial charge in [0.2, 0.25) is 0 Å². The second-order valence-electron chi connectivity index (χ2n) is 5.99. The van der Waals surface area contributed by atoms with Crippen LogP contribution in [0.3, 0.4) is 0 Å². The number of amides is 1. The summed E-state index contributed by atoms with van der Waals surface area (Å²) in [6.45, 7) is 1.51. The molecule has 1 aliphatic heterocycles. The van der Waals surface area contributed by atoms with Gasteiger partial charge >= 0.3 is 0 Å². The first-order valence-electron chi connectivity index (χ1n) is 7.72. The van der Waals surface area contributed by atoms with Crippen LogP contribution < -0.4 is 10.2 Å². The molecule has 0 aliphatic carbocycles. The standard InChI is InChI=1S/C16H21N5O2/c1-20-10-6-13(19-20)15(22)18-11-16(23)7-4-9-21(12-16)14-5-2-3-8-17-14/h2-3,5-6,8,10,23H,4,7,9,11-12H2,1H3,(H,18,22)/t16-/m0/s1. The highest BCUT2D eigenvalue weighted by atomic mass is 16.3. The highest BCUT2D eigenvalue weighted by Crippen LogP contribution is 2.24. The van der Waals surface area contributed by atoms with Gasteiger partial charge in [0.25, 0.3) is 5.91 Å². The first-order valence-corrected chi connectivity index (χ1v) is 7.72. The Balaban J connectivity index is 1.61. The minimum atomic E-state index is -0.958. The van der Waals surface area contributed by atoms with E-state index in [2.05, 4.69) is 20.3 Å². The van der Waals surface area contributed by atoms with Gasteiger partial charge in [-0.3, -0.25) is 9.48 Å². The van der Waals surface area contributed by atoms with E-state index in [-0.39, 0.29) is 12.5 Å². The van der Waals surface area contributed by atoms with E-state index in [4.69, 9.17) is 0 Å². The van der Waals surface area contributed by atoms with Crippen LogP contribution in [0, 0.1) is 0 Å². The number of carbonyl (C=O) groups is 1. The second kappa shape index (κ2) is 6.37. The van der Waals surface area contributed by atoms with E-state index in [9.17, 15) is 9.90 Å². The molecule has 0 unspecified atom stereocenters. The van der Waals surface area contributed by atoms with E-state index < -0.39 is 5.60 Å². The van der Waals surface area contributed by atoms with Crippen molar-refractivity contribution in [3.05, 3.63) is 42.4 Å². The van der Waals surface area contributed by atoms with Gasteiger partial charge in [0.1, 0.15) is 11.5 Å². The number of nitrogens with one attached hydrogen (secondary N) is 1. The Morgan fingerprint density at radius 2 is 2.30 bits per heavy atom. The lowest BCUT2D eigenvalue weighted by Crippen LogP contribution is -2.54. The van der Waals surface area contributed by atoms with E-state index in [0.29, 0.717) is 18.7 Å². The summed E-state index contributed by atoms with van der Waals surface area (Å²) in [6, 6.07) is 7.38. The zero-order valence-electron chi connectivity index (χ0n) is 13.1. The Morgan fingerprint density at radius 1 is 1.43 bits per heavy atom. The van der Waals surface area contributed by atoms with Gasteiger partial charge in [-0.2, -0.15) is 5.10 Å². The van der Waals surface area contributed by atoms with Gasteiger partial charge in [0, 0.05) is 39.1 Å². The van der Waals surface area contributed by atoms with Crippen molar-refractivity contribution in [2.24, 2.45) is 7.05 Å². The number of anilines is 1. The lowest BCUT2D eigenvalue weighted by Gasteiger charge is -2.39. The second-order valence-corrected chi connectivity index (χ2v) is 5.99. The number of aromatic nitrogens is 3. The number of hydrogen-bond donors (Lipinski definition) is 2. The topological polar surface area (TPSA) is 83.3 Å². The maximum atomic E-state index is 12.1. The van der Waals surface area contributed by atoms with Crippen LogP contribution in [0.1, 0.15) is 23.3 Å². The van der Waals surface area contributed by atoms with Crippen LogP contribution in [0.4, 0.5) is 5.82 Å². The summed E-state index contributed by atoms with van der Waals surface area (Å²) in [5, 5.41) is 17.6.